The molecule has 0 spiro atoms. The minimum Gasteiger partial charge on any atom is -0.494 e. The highest BCUT2D eigenvalue weighted by atomic mass is 16.5. The largest absolute Gasteiger partial charge is 0.494 e. The molecule has 4 aromatic rings. The second-order valence-corrected chi connectivity index (χ2v) is 6.26. The van der Waals surface area contributed by atoms with Crippen molar-refractivity contribution in [3.8, 4) is 29.2 Å². The van der Waals surface area contributed by atoms with Gasteiger partial charge < -0.3 is 23.6 Å². The van der Waals surface area contributed by atoms with Gasteiger partial charge in [-0.25, -0.2) is 0 Å². The Morgan fingerprint density at radius 1 is 0.933 bits per heavy atom. The maximum absolute atomic E-state index is 9.40. The lowest BCUT2D eigenvalue weighted by Crippen LogP contribution is -1.93. The molecular weight excluding hydrogens is 382 g/mol. The van der Waals surface area contributed by atoms with E-state index in [1.165, 1.54) is 0 Å². The first-order chi connectivity index (χ1) is 14.7. The summed E-state index contributed by atoms with van der Waals surface area (Å²) in [5, 5.41) is 12.5. The summed E-state index contributed by atoms with van der Waals surface area (Å²) in [7, 11) is 0. The summed E-state index contributed by atoms with van der Waals surface area (Å²) < 4.78 is 22.6. The van der Waals surface area contributed by atoms with E-state index < -0.39 is 0 Å². The second-order valence-electron chi connectivity index (χ2n) is 6.26. The number of hydrogen-bond donors (Lipinski definition) is 1. The lowest BCUT2D eigenvalue weighted by Gasteiger charge is -2.05. The molecule has 2 aromatic carbocycles. The Balaban J connectivity index is 1.47. The van der Waals surface area contributed by atoms with Crippen molar-refractivity contribution in [1.82, 2.24) is 4.98 Å². The number of para-hydroxylation sites is 1. The Bertz CT molecular complexity index is 1140. The van der Waals surface area contributed by atoms with Crippen molar-refractivity contribution in [1.29, 1.82) is 5.26 Å². The monoisotopic (exact) mass is 401 g/mol. The van der Waals surface area contributed by atoms with Gasteiger partial charge in [0.15, 0.2) is 5.76 Å². The average molecular weight is 401 g/mol. The molecule has 0 atom stereocenters. The van der Waals surface area contributed by atoms with Crippen LogP contribution in [-0.4, -0.2) is 11.6 Å². The van der Waals surface area contributed by atoms with Gasteiger partial charge in [0.25, 0.3) is 5.89 Å². The summed E-state index contributed by atoms with van der Waals surface area (Å²) in [6.45, 7) is 2.79. The van der Waals surface area contributed by atoms with E-state index in [0.717, 1.165) is 17.2 Å². The number of benzene rings is 2. The van der Waals surface area contributed by atoms with E-state index in [4.69, 9.17) is 18.3 Å². The molecule has 7 nitrogen and oxygen atoms in total. The average Bonchev–Trinajstić information content (AvgIpc) is 3.41. The summed E-state index contributed by atoms with van der Waals surface area (Å²) in [4.78, 5) is 4.22. The Labute approximate surface area is 173 Å². The summed E-state index contributed by atoms with van der Waals surface area (Å²) in [6, 6.07) is 22.4. The number of nitrogens with one attached hydrogen (secondary N) is 1. The van der Waals surface area contributed by atoms with Crippen molar-refractivity contribution in [2.45, 2.75) is 13.5 Å². The van der Waals surface area contributed by atoms with Crippen molar-refractivity contribution in [3.05, 3.63) is 78.2 Å². The molecule has 150 valence electrons. The van der Waals surface area contributed by atoms with Gasteiger partial charge in [0.05, 0.1) is 6.61 Å². The van der Waals surface area contributed by atoms with E-state index in [2.05, 4.69) is 10.3 Å². The number of rotatable bonds is 8. The highest BCUT2D eigenvalue weighted by Gasteiger charge is 2.18. The second kappa shape index (κ2) is 8.88. The molecule has 0 aliphatic carbocycles. The normalized spacial score (nSPS) is 10.4. The molecule has 30 heavy (non-hydrogen) atoms. The van der Waals surface area contributed by atoms with E-state index in [1.807, 2.05) is 67.6 Å². The van der Waals surface area contributed by atoms with Crippen LogP contribution in [0.15, 0.2) is 75.6 Å². The highest BCUT2D eigenvalue weighted by molar-refractivity contribution is 5.62. The van der Waals surface area contributed by atoms with Crippen LogP contribution in [0.4, 0.5) is 11.6 Å². The van der Waals surface area contributed by atoms with Gasteiger partial charge >= 0.3 is 0 Å². The maximum atomic E-state index is 9.40. The third kappa shape index (κ3) is 4.45. The van der Waals surface area contributed by atoms with Crippen molar-refractivity contribution in [2.24, 2.45) is 0 Å². The number of oxazole rings is 1. The first-order valence-electron chi connectivity index (χ1n) is 9.43. The van der Waals surface area contributed by atoms with E-state index >= 15 is 0 Å². The molecule has 0 fully saturated rings. The molecule has 0 radical (unpaired) electrons. The minimum absolute atomic E-state index is 0.136. The molecule has 4 rings (SSSR count). The number of nitrogens with zero attached hydrogens (tertiary/aromatic N) is 2. The Morgan fingerprint density at radius 2 is 1.70 bits per heavy atom. The molecule has 0 saturated carbocycles. The summed E-state index contributed by atoms with van der Waals surface area (Å²) in [5.74, 6) is 3.01. The van der Waals surface area contributed by atoms with Gasteiger partial charge in [0.2, 0.25) is 11.6 Å². The molecule has 0 amide bonds. The molecule has 0 aliphatic heterocycles. The summed E-state index contributed by atoms with van der Waals surface area (Å²) in [5.41, 5.74) is 0.881. The van der Waals surface area contributed by atoms with Gasteiger partial charge in [-0.2, -0.15) is 10.2 Å². The smallest absolute Gasteiger partial charge is 0.266 e. The van der Waals surface area contributed by atoms with Gasteiger partial charge in [0, 0.05) is 5.69 Å². The predicted octanol–water partition coefficient (Wildman–Crippen LogP) is 5.53. The van der Waals surface area contributed by atoms with Gasteiger partial charge in [-0.1, -0.05) is 18.2 Å². The van der Waals surface area contributed by atoms with Crippen molar-refractivity contribution in [3.63, 3.8) is 0 Å². The molecule has 2 aromatic heterocycles. The Kier molecular flexibility index (Phi) is 5.67. The standard InChI is InChI=1S/C23H19N3O4/c1-2-27-18-10-8-16(9-11-18)25-22-20(14-24)26-23(30-22)21-13-12-19(29-21)15-28-17-6-4-3-5-7-17/h3-13,25H,2,15H2,1H3. The number of anilines is 2. The zero-order chi connectivity index (χ0) is 20.8. The Hall–Kier alpha value is -4.18. The lowest BCUT2D eigenvalue weighted by atomic mass is 10.3. The first kappa shape index (κ1) is 19.2. The van der Waals surface area contributed by atoms with Crippen molar-refractivity contribution < 1.29 is 18.3 Å². The van der Waals surface area contributed by atoms with Crippen molar-refractivity contribution in [2.75, 3.05) is 11.9 Å². The van der Waals surface area contributed by atoms with Gasteiger partial charge in [-0.05, 0) is 55.5 Å². The van der Waals surface area contributed by atoms with Gasteiger partial charge in [0.1, 0.15) is 29.9 Å². The van der Waals surface area contributed by atoms with Crippen LogP contribution in [0.1, 0.15) is 18.4 Å². The van der Waals surface area contributed by atoms with Crippen LogP contribution in [0.25, 0.3) is 11.7 Å². The quantitative estimate of drug-likeness (QED) is 0.415. The molecule has 0 unspecified atom stereocenters. The van der Waals surface area contributed by atoms with Crippen LogP contribution in [0, 0.1) is 11.3 Å². The molecule has 0 saturated heterocycles. The maximum Gasteiger partial charge on any atom is 0.266 e. The Morgan fingerprint density at radius 3 is 2.43 bits per heavy atom. The zero-order valence-corrected chi connectivity index (χ0v) is 16.3. The van der Waals surface area contributed by atoms with Gasteiger partial charge in [-0.15, -0.1) is 0 Å². The molecule has 1 N–H and O–H groups in total. The van der Waals surface area contributed by atoms with Crippen molar-refractivity contribution >= 4 is 11.6 Å². The third-order valence-corrected chi connectivity index (χ3v) is 4.15. The SMILES string of the molecule is CCOc1ccc(Nc2oc(-c3ccc(COc4ccccc4)o3)nc2C#N)cc1. The molecule has 7 heteroatoms. The van der Waals surface area contributed by atoms with E-state index in [9.17, 15) is 5.26 Å². The van der Waals surface area contributed by atoms with E-state index in [0.29, 0.717) is 18.1 Å². The summed E-state index contributed by atoms with van der Waals surface area (Å²) >= 11 is 0. The fourth-order valence-electron chi connectivity index (χ4n) is 2.76. The van der Waals surface area contributed by atoms with Gasteiger partial charge in [-0.3, -0.25) is 0 Å². The fourth-order valence-corrected chi connectivity index (χ4v) is 2.76. The zero-order valence-electron chi connectivity index (χ0n) is 16.3. The van der Waals surface area contributed by atoms with Crippen LogP contribution in [0.3, 0.4) is 0 Å². The molecule has 2 heterocycles. The molecule has 0 bridgehead atoms. The van der Waals surface area contributed by atoms with E-state index in [1.54, 1.807) is 12.1 Å². The number of hydrogen-bond acceptors (Lipinski definition) is 7. The number of furan rings is 1. The number of nitriles is 1. The number of aromatic nitrogens is 1. The number of ether oxygens (including phenoxy) is 2. The fraction of sp³-hybridized carbons (Fsp3) is 0.130. The lowest BCUT2D eigenvalue weighted by molar-refractivity contribution is 0.271. The minimum atomic E-state index is 0.136. The first-order valence-corrected chi connectivity index (χ1v) is 9.43. The van der Waals surface area contributed by atoms with Crippen LogP contribution < -0.4 is 14.8 Å². The van der Waals surface area contributed by atoms with Crippen LogP contribution in [0.2, 0.25) is 0 Å². The van der Waals surface area contributed by atoms with Crippen LogP contribution >= 0.6 is 0 Å². The van der Waals surface area contributed by atoms with Crippen LogP contribution in [-0.2, 0) is 6.61 Å². The highest BCUT2D eigenvalue weighted by Crippen LogP contribution is 2.29. The van der Waals surface area contributed by atoms with Crippen LogP contribution in [0.5, 0.6) is 11.5 Å². The topological polar surface area (TPSA) is 93.4 Å². The molecule has 0 aliphatic rings. The third-order valence-electron chi connectivity index (χ3n) is 4.15. The predicted molar refractivity (Wildman–Crippen MR) is 111 cm³/mol. The van der Waals surface area contributed by atoms with E-state index in [-0.39, 0.29) is 24.1 Å². The summed E-state index contributed by atoms with van der Waals surface area (Å²) in [6.07, 6.45) is 0. The molecular formula is C23H19N3O4.